The summed E-state index contributed by atoms with van der Waals surface area (Å²) in [7, 11) is 0. The van der Waals surface area contributed by atoms with Crippen LogP contribution in [-0.2, 0) is 9.53 Å². The van der Waals surface area contributed by atoms with Crippen LogP contribution < -0.4 is 10.5 Å². The fraction of sp³-hybridized carbons (Fsp3) is 0.429. The highest BCUT2D eigenvalue weighted by molar-refractivity contribution is 6.02. The average molecular weight is 393 g/mol. The van der Waals surface area contributed by atoms with E-state index in [0.717, 1.165) is 32.4 Å². The van der Waals surface area contributed by atoms with Gasteiger partial charge in [0.15, 0.2) is 0 Å². The molecule has 0 spiro atoms. The molecule has 2 aromatic heterocycles. The number of fused-ring (bicyclic) bond motifs is 1. The van der Waals surface area contributed by atoms with E-state index >= 15 is 0 Å². The first-order valence-electron chi connectivity index (χ1n) is 9.94. The summed E-state index contributed by atoms with van der Waals surface area (Å²) in [6.45, 7) is 3.37. The van der Waals surface area contributed by atoms with Crippen molar-refractivity contribution in [3.8, 4) is 6.07 Å². The molecular weight excluding hydrogens is 370 g/mol. The van der Waals surface area contributed by atoms with Crippen molar-refractivity contribution in [3.05, 3.63) is 45.9 Å². The van der Waals surface area contributed by atoms with Gasteiger partial charge < -0.3 is 14.5 Å². The van der Waals surface area contributed by atoms with Crippen LogP contribution in [0.4, 0.5) is 5.82 Å². The van der Waals surface area contributed by atoms with Crippen LogP contribution in [0, 0.1) is 11.3 Å². The first-order chi connectivity index (χ1) is 14.2. The standard InChI is InChI=1S/C21H23N5O3/c22-15-16(20(27)25-10-12-29-13-11-25)14-17-19(24-7-3-1-4-8-24)23-18-6-2-5-9-26(18)21(17)28/h2,5-6,9,14H,1,3-4,7-8,10-13H2/b16-14-. The van der Waals surface area contributed by atoms with E-state index in [1.807, 2.05) is 12.1 Å². The molecule has 29 heavy (non-hydrogen) atoms. The van der Waals surface area contributed by atoms with Gasteiger partial charge in [-0.1, -0.05) is 6.07 Å². The number of nitrogens with zero attached hydrogens (tertiary/aromatic N) is 5. The van der Waals surface area contributed by atoms with Gasteiger partial charge in [0.05, 0.1) is 18.8 Å². The highest BCUT2D eigenvalue weighted by atomic mass is 16.5. The number of amides is 1. The van der Waals surface area contributed by atoms with Crippen molar-refractivity contribution in [1.29, 1.82) is 5.26 Å². The molecule has 1 amide bonds. The zero-order valence-corrected chi connectivity index (χ0v) is 16.2. The Morgan fingerprint density at radius 1 is 1.14 bits per heavy atom. The SMILES string of the molecule is N#C/C(=C/c1c(N2CCCCC2)nc2ccccn2c1=O)C(=O)N1CCOCC1. The predicted molar refractivity (Wildman–Crippen MR) is 109 cm³/mol. The maximum Gasteiger partial charge on any atom is 0.267 e. The van der Waals surface area contributed by atoms with Crippen molar-refractivity contribution in [3.63, 3.8) is 0 Å². The molecule has 4 heterocycles. The maximum absolute atomic E-state index is 13.2. The molecule has 2 aliphatic heterocycles. The van der Waals surface area contributed by atoms with E-state index in [1.165, 1.54) is 10.5 Å². The van der Waals surface area contributed by atoms with Crippen LogP contribution in [0.1, 0.15) is 24.8 Å². The lowest BCUT2D eigenvalue weighted by Gasteiger charge is -2.29. The Hall–Kier alpha value is -3.18. The summed E-state index contributed by atoms with van der Waals surface area (Å²) in [5.41, 5.74) is 0.501. The Labute approximate surface area is 168 Å². The molecule has 8 heteroatoms. The molecule has 8 nitrogen and oxygen atoms in total. The molecule has 2 aromatic rings. The molecule has 0 aromatic carbocycles. The summed E-state index contributed by atoms with van der Waals surface area (Å²) in [4.78, 5) is 34.5. The smallest absolute Gasteiger partial charge is 0.267 e. The fourth-order valence-corrected chi connectivity index (χ4v) is 3.79. The van der Waals surface area contributed by atoms with E-state index in [9.17, 15) is 14.9 Å². The van der Waals surface area contributed by atoms with Gasteiger partial charge in [0.1, 0.15) is 23.1 Å². The molecule has 0 bridgehead atoms. The number of anilines is 1. The first-order valence-corrected chi connectivity index (χ1v) is 9.94. The molecule has 0 saturated carbocycles. The minimum atomic E-state index is -0.377. The van der Waals surface area contributed by atoms with Crippen molar-refractivity contribution < 1.29 is 9.53 Å². The molecule has 2 fully saturated rings. The maximum atomic E-state index is 13.2. The van der Waals surface area contributed by atoms with Crippen LogP contribution in [0.15, 0.2) is 34.8 Å². The summed E-state index contributed by atoms with van der Waals surface area (Å²) in [6.07, 6.45) is 6.26. The van der Waals surface area contributed by atoms with E-state index in [0.29, 0.717) is 37.8 Å². The third kappa shape index (κ3) is 3.87. The van der Waals surface area contributed by atoms with Crippen molar-refractivity contribution in [1.82, 2.24) is 14.3 Å². The van der Waals surface area contributed by atoms with Crippen LogP contribution in [0.5, 0.6) is 0 Å². The molecule has 0 unspecified atom stereocenters. The van der Waals surface area contributed by atoms with Gasteiger partial charge in [0.25, 0.3) is 11.5 Å². The highest BCUT2D eigenvalue weighted by Gasteiger charge is 2.24. The molecule has 0 N–H and O–H groups in total. The van der Waals surface area contributed by atoms with Crippen LogP contribution in [0.25, 0.3) is 11.7 Å². The number of rotatable bonds is 3. The third-order valence-electron chi connectivity index (χ3n) is 5.34. The largest absolute Gasteiger partial charge is 0.378 e. The molecule has 2 aliphatic rings. The van der Waals surface area contributed by atoms with Crippen molar-refractivity contribution >= 4 is 23.4 Å². The lowest BCUT2D eigenvalue weighted by molar-refractivity contribution is -0.130. The molecule has 0 radical (unpaired) electrons. The summed E-state index contributed by atoms with van der Waals surface area (Å²) in [5, 5.41) is 9.65. The number of nitriles is 1. The van der Waals surface area contributed by atoms with Crippen LogP contribution in [0.3, 0.4) is 0 Å². The van der Waals surface area contributed by atoms with E-state index < -0.39 is 0 Å². The number of hydrogen-bond acceptors (Lipinski definition) is 6. The van der Waals surface area contributed by atoms with Crippen LogP contribution in [0.2, 0.25) is 0 Å². The van der Waals surface area contributed by atoms with E-state index in [-0.39, 0.29) is 22.6 Å². The van der Waals surface area contributed by atoms with Gasteiger partial charge in [-0.15, -0.1) is 0 Å². The van der Waals surface area contributed by atoms with Gasteiger partial charge in [0.2, 0.25) is 0 Å². The Balaban J connectivity index is 1.82. The van der Waals surface area contributed by atoms with E-state index in [1.54, 1.807) is 23.2 Å². The summed E-state index contributed by atoms with van der Waals surface area (Å²) >= 11 is 0. The number of pyridine rings is 1. The van der Waals surface area contributed by atoms with Gasteiger partial charge >= 0.3 is 0 Å². The number of morpholine rings is 1. The number of piperidine rings is 1. The number of carbonyl (C=O) groups excluding carboxylic acids is 1. The third-order valence-corrected chi connectivity index (χ3v) is 5.34. The Kier molecular flexibility index (Phi) is 5.58. The number of aromatic nitrogens is 2. The number of hydrogen-bond donors (Lipinski definition) is 0. The second-order valence-corrected chi connectivity index (χ2v) is 7.21. The van der Waals surface area contributed by atoms with Crippen molar-refractivity contribution in [2.45, 2.75) is 19.3 Å². The van der Waals surface area contributed by atoms with Crippen LogP contribution in [-0.4, -0.2) is 59.6 Å². The van der Waals surface area contributed by atoms with Crippen LogP contribution >= 0.6 is 0 Å². The van der Waals surface area contributed by atoms with Gasteiger partial charge in [-0.2, -0.15) is 5.26 Å². The van der Waals surface area contributed by atoms with Gasteiger partial charge in [-0.25, -0.2) is 4.98 Å². The molecule has 4 rings (SSSR count). The lowest BCUT2D eigenvalue weighted by Crippen LogP contribution is -2.41. The zero-order valence-electron chi connectivity index (χ0n) is 16.2. The van der Waals surface area contributed by atoms with Gasteiger partial charge in [-0.3, -0.25) is 14.0 Å². The summed E-state index contributed by atoms with van der Waals surface area (Å²) < 4.78 is 6.73. The summed E-state index contributed by atoms with van der Waals surface area (Å²) in [6, 6.07) is 7.36. The number of carbonyl (C=O) groups is 1. The summed E-state index contributed by atoms with van der Waals surface area (Å²) in [5.74, 6) is 0.168. The Bertz CT molecular complexity index is 1040. The van der Waals surface area contributed by atoms with Gasteiger partial charge in [0, 0.05) is 32.4 Å². The quantitative estimate of drug-likeness (QED) is 0.579. The molecular formula is C21H23N5O3. The molecule has 2 saturated heterocycles. The van der Waals surface area contributed by atoms with Crippen molar-refractivity contribution in [2.24, 2.45) is 0 Å². The predicted octanol–water partition coefficient (Wildman–Crippen LogP) is 1.45. The molecule has 150 valence electrons. The van der Waals surface area contributed by atoms with Crippen molar-refractivity contribution in [2.75, 3.05) is 44.3 Å². The fourth-order valence-electron chi connectivity index (χ4n) is 3.79. The monoisotopic (exact) mass is 393 g/mol. The normalized spacial score (nSPS) is 18.0. The first kappa shape index (κ1) is 19.2. The Morgan fingerprint density at radius 3 is 2.62 bits per heavy atom. The lowest BCUT2D eigenvalue weighted by atomic mass is 10.1. The minimum Gasteiger partial charge on any atom is -0.378 e. The number of ether oxygens (including phenoxy) is 1. The van der Waals surface area contributed by atoms with E-state index in [2.05, 4.69) is 4.90 Å². The zero-order chi connectivity index (χ0) is 20.2. The topological polar surface area (TPSA) is 90.9 Å². The molecule has 0 atom stereocenters. The van der Waals surface area contributed by atoms with Gasteiger partial charge in [-0.05, 0) is 37.5 Å². The molecule has 0 aliphatic carbocycles. The second kappa shape index (κ2) is 8.45. The average Bonchev–Trinajstić information content (AvgIpc) is 2.79. The Morgan fingerprint density at radius 2 is 1.90 bits per heavy atom. The minimum absolute atomic E-state index is 0.0556. The highest BCUT2D eigenvalue weighted by Crippen LogP contribution is 2.23. The van der Waals surface area contributed by atoms with E-state index in [4.69, 9.17) is 9.72 Å². The second-order valence-electron chi connectivity index (χ2n) is 7.21.